The average molecular weight is 404 g/mol. The van der Waals surface area contributed by atoms with E-state index in [0.717, 1.165) is 0 Å². The van der Waals surface area contributed by atoms with Crippen LogP contribution < -0.4 is 0 Å². The second-order valence-electron chi connectivity index (χ2n) is 5.22. The first-order chi connectivity index (χ1) is 12.0. The van der Waals surface area contributed by atoms with Gasteiger partial charge in [0.2, 0.25) is 0 Å². The zero-order valence-electron chi connectivity index (χ0n) is 17.2. The van der Waals surface area contributed by atoms with Crippen LogP contribution in [0.3, 0.4) is 0 Å². The number of hydrogen-bond donors (Lipinski definition) is 0. The number of rotatable bonds is 15. The Morgan fingerprint density at radius 3 is 1.00 bits per heavy atom. The molecule has 158 valence electrons. The maximum absolute atomic E-state index is 13.4. The van der Waals surface area contributed by atoms with Crippen molar-refractivity contribution in [1.82, 2.24) is 0 Å². The quantitative estimate of drug-likeness (QED) is 0.299. The van der Waals surface area contributed by atoms with E-state index in [1.165, 1.54) is 42.1 Å². The van der Waals surface area contributed by atoms with E-state index in [1.807, 2.05) is 0 Å². The molecule has 0 aliphatic heterocycles. The summed E-state index contributed by atoms with van der Waals surface area (Å²) in [6, 6.07) is 0. The molecule has 0 heterocycles. The molecule has 26 heavy (non-hydrogen) atoms. The van der Waals surface area contributed by atoms with Crippen LogP contribution >= 0.6 is 7.82 Å². The predicted octanol–water partition coefficient (Wildman–Crippen LogP) is 3.21. The van der Waals surface area contributed by atoms with Gasteiger partial charge in [0.15, 0.2) is 0 Å². The fourth-order valence-electron chi connectivity index (χ4n) is 1.82. The second kappa shape index (κ2) is 11.0. The molecule has 0 radical (unpaired) electrons. The molecule has 0 spiro atoms. The fourth-order valence-corrected chi connectivity index (χ4v) is 3.53. The highest BCUT2D eigenvalue weighted by molar-refractivity contribution is 7.48. The molecule has 0 aliphatic carbocycles. The lowest BCUT2D eigenvalue weighted by Crippen LogP contribution is -2.41. The van der Waals surface area contributed by atoms with E-state index in [2.05, 4.69) is 0 Å². The smallest absolute Gasteiger partial charge is 0.331 e. The average Bonchev–Trinajstić information content (AvgIpc) is 2.54. The number of hydrogen-bond acceptors (Lipinski definition) is 10. The molecule has 0 rings (SSSR count). The lowest BCUT2D eigenvalue weighted by Gasteiger charge is -2.38. The molecule has 11 heteroatoms. The van der Waals surface area contributed by atoms with Crippen molar-refractivity contribution in [3.63, 3.8) is 0 Å². The Balaban J connectivity index is 5.80. The Bertz CT molecular complexity index is 388. The molecule has 0 bridgehead atoms. The third-order valence-corrected chi connectivity index (χ3v) is 4.83. The van der Waals surface area contributed by atoms with Crippen molar-refractivity contribution in [1.29, 1.82) is 0 Å². The van der Waals surface area contributed by atoms with Crippen LogP contribution in [0.5, 0.6) is 0 Å². The topological polar surface area (TPSA) is 100 Å². The van der Waals surface area contributed by atoms with Crippen LogP contribution in [0, 0.1) is 0 Å². The molecule has 3 unspecified atom stereocenters. The van der Waals surface area contributed by atoms with Gasteiger partial charge in [-0.3, -0.25) is 0 Å². The number of phosphoric acid groups is 1. The molecular weight excluding hydrogens is 371 g/mol. The van der Waals surface area contributed by atoms with Gasteiger partial charge < -0.3 is 28.4 Å². The van der Waals surface area contributed by atoms with Crippen molar-refractivity contribution in [2.24, 2.45) is 0 Å². The van der Waals surface area contributed by atoms with E-state index in [1.54, 1.807) is 20.8 Å². The minimum atomic E-state index is -4.47. The summed E-state index contributed by atoms with van der Waals surface area (Å²) >= 11 is 0. The Kier molecular flexibility index (Phi) is 11.0. The first-order valence-electron chi connectivity index (χ1n) is 8.28. The lowest BCUT2D eigenvalue weighted by atomic mass is 10.6. The molecular formula is C15H33O10P. The summed E-state index contributed by atoms with van der Waals surface area (Å²) < 4.78 is 61.3. The maximum atomic E-state index is 13.4. The van der Waals surface area contributed by atoms with Gasteiger partial charge in [0.05, 0.1) is 0 Å². The molecule has 0 N–H and O–H groups in total. The fraction of sp³-hybridized carbons (Fsp3) is 1.00. The summed E-state index contributed by atoms with van der Waals surface area (Å²) in [7, 11) is -0.526. The van der Waals surface area contributed by atoms with Gasteiger partial charge in [0, 0.05) is 61.9 Å². The van der Waals surface area contributed by atoms with Crippen molar-refractivity contribution < 1.29 is 46.6 Å². The van der Waals surface area contributed by atoms with Crippen LogP contribution in [0.15, 0.2) is 0 Å². The van der Waals surface area contributed by atoms with Crippen LogP contribution in [0.4, 0.5) is 0 Å². The standard InChI is InChI=1S/C15H33O10P/c1-10-20-13(4,17-7)23-26(16,24-14(5,18-8)21-11-2)25-15(6,19-9)22-12-3/h10-12H2,1-9H3. The third-order valence-electron chi connectivity index (χ3n) is 3.16. The van der Waals surface area contributed by atoms with Gasteiger partial charge in [-0.1, -0.05) is 0 Å². The maximum Gasteiger partial charge on any atom is 0.487 e. The Hall–Kier alpha value is -0.130. The van der Waals surface area contributed by atoms with Crippen molar-refractivity contribution in [3.8, 4) is 0 Å². The molecule has 0 amide bonds. The predicted molar refractivity (Wildman–Crippen MR) is 92.0 cm³/mol. The van der Waals surface area contributed by atoms with Gasteiger partial charge in [-0.25, -0.2) is 18.1 Å². The van der Waals surface area contributed by atoms with E-state index < -0.39 is 25.7 Å². The van der Waals surface area contributed by atoms with Gasteiger partial charge in [-0.15, -0.1) is 0 Å². The van der Waals surface area contributed by atoms with E-state index >= 15 is 0 Å². The van der Waals surface area contributed by atoms with Gasteiger partial charge in [0.1, 0.15) is 0 Å². The van der Waals surface area contributed by atoms with E-state index in [9.17, 15) is 4.57 Å². The van der Waals surface area contributed by atoms with Crippen molar-refractivity contribution in [2.45, 2.75) is 59.5 Å². The van der Waals surface area contributed by atoms with Gasteiger partial charge in [0.25, 0.3) is 17.9 Å². The largest absolute Gasteiger partial charge is 0.487 e. The molecule has 0 aliphatic rings. The monoisotopic (exact) mass is 404 g/mol. The van der Waals surface area contributed by atoms with Crippen molar-refractivity contribution in [3.05, 3.63) is 0 Å². The minimum Gasteiger partial charge on any atom is -0.331 e. The Morgan fingerprint density at radius 2 is 0.846 bits per heavy atom. The second-order valence-corrected chi connectivity index (χ2v) is 6.66. The van der Waals surface area contributed by atoms with E-state index in [0.29, 0.717) is 0 Å². The summed E-state index contributed by atoms with van der Waals surface area (Å²) in [5.74, 6) is -5.19. The zero-order valence-corrected chi connectivity index (χ0v) is 18.0. The van der Waals surface area contributed by atoms with Gasteiger partial charge >= 0.3 is 7.82 Å². The number of ether oxygens (including phenoxy) is 6. The van der Waals surface area contributed by atoms with Crippen molar-refractivity contribution >= 4 is 7.82 Å². The summed E-state index contributed by atoms with van der Waals surface area (Å²) in [6.07, 6.45) is 0. The van der Waals surface area contributed by atoms with E-state index in [4.69, 9.17) is 42.0 Å². The van der Waals surface area contributed by atoms with Crippen LogP contribution in [-0.2, 0) is 46.6 Å². The highest BCUT2D eigenvalue weighted by Crippen LogP contribution is 2.58. The Morgan fingerprint density at radius 1 is 0.615 bits per heavy atom. The normalized spacial score (nSPS) is 21.4. The molecule has 0 saturated carbocycles. The molecule has 0 aromatic rings. The first kappa shape index (κ1) is 25.9. The summed E-state index contributed by atoms with van der Waals surface area (Å²) in [4.78, 5) is 0. The SMILES string of the molecule is CCOC(C)(OC)OP(=O)(OC(C)(OC)OCC)OC(C)(OC)OCC. The molecule has 10 nitrogen and oxygen atoms in total. The minimum absolute atomic E-state index is 0.213. The molecule has 0 aromatic carbocycles. The summed E-state index contributed by atoms with van der Waals surface area (Å²) in [6.45, 7) is 10.0. The highest BCUT2D eigenvalue weighted by atomic mass is 31.2. The Labute approximate surface area is 155 Å². The van der Waals surface area contributed by atoms with Crippen LogP contribution in [0.2, 0.25) is 0 Å². The third kappa shape index (κ3) is 8.26. The highest BCUT2D eigenvalue weighted by Gasteiger charge is 2.50. The number of phosphoric ester groups is 1. The molecule has 0 saturated heterocycles. The number of methoxy groups -OCH3 is 3. The van der Waals surface area contributed by atoms with Crippen LogP contribution in [-0.4, -0.2) is 59.1 Å². The van der Waals surface area contributed by atoms with Crippen LogP contribution in [0.1, 0.15) is 41.5 Å². The van der Waals surface area contributed by atoms with Gasteiger partial charge in [-0.05, 0) is 20.8 Å². The van der Waals surface area contributed by atoms with E-state index in [-0.39, 0.29) is 19.8 Å². The van der Waals surface area contributed by atoms with Crippen LogP contribution in [0.25, 0.3) is 0 Å². The van der Waals surface area contributed by atoms with Crippen molar-refractivity contribution in [2.75, 3.05) is 41.2 Å². The lowest BCUT2D eigenvalue weighted by molar-refractivity contribution is -0.374. The zero-order chi connectivity index (χ0) is 20.5. The molecule has 0 fully saturated rings. The summed E-state index contributed by atoms with van der Waals surface area (Å²) in [5.41, 5.74) is 0. The summed E-state index contributed by atoms with van der Waals surface area (Å²) in [5, 5.41) is 0. The van der Waals surface area contributed by atoms with Gasteiger partial charge in [-0.2, -0.15) is 0 Å². The molecule has 0 aromatic heterocycles. The molecule has 3 atom stereocenters. The first-order valence-corrected chi connectivity index (χ1v) is 9.74.